The van der Waals surface area contributed by atoms with Crippen molar-refractivity contribution in [3.05, 3.63) is 16.5 Å². The van der Waals surface area contributed by atoms with Crippen LogP contribution in [0.5, 0.6) is 0 Å². The number of carbonyl (C=O) groups is 4. The fourth-order valence-electron chi connectivity index (χ4n) is 2.65. The molecule has 1 saturated heterocycles. The highest BCUT2D eigenvalue weighted by atomic mass is 32.2. The van der Waals surface area contributed by atoms with Gasteiger partial charge in [-0.2, -0.15) is 0 Å². The topological polar surface area (TPSA) is 102 Å². The molecule has 0 unspecified atom stereocenters. The van der Waals surface area contributed by atoms with Crippen LogP contribution in [0.1, 0.15) is 41.6 Å². The van der Waals surface area contributed by atoms with Gasteiger partial charge in [-0.3, -0.25) is 14.4 Å². The molecule has 0 atom stereocenters. The van der Waals surface area contributed by atoms with Gasteiger partial charge in [0.1, 0.15) is 11.5 Å². The summed E-state index contributed by atoms with van der Waals surface area (Å²) in [6.07, 6.45) is 2.03. The van der Waals surface area contributed by atoms with Crippen molar-refractivity contribution in [1.29, 1.82) is 0 Å². The monoisotopic (exact) mass is 412 g/mol. The van der Waals surface area contributed by atoms with E-state index in [0.29, 0.717) is 28.8 Å². The molecule has 27 heavy (non-hydrogen) atoms. The second-order valence-electron chi connectivity index (χ2n) is 6.13. The number of esters is 2. The van der Waals surface area contributed by atoms with E-state index in [1.54, 1.807) is 6.92 Å². The van der Waals surface area contributed by atoms with E-state index in [1.807, 2.05) is 5.38 Å². The predicted octanol–water partition coefficient (Wildman–Crippen LogP) is 2.45. The first kappa shape index (κ1) is 19.7. The van der Waals surface area contributed by atoms with Gasteiger partial charge in [0.25, 0.3) is 11.1 Å². The fourth-order valence-corrected chi connectivity index (χ4v) is 4.52. The van der Waals surface area contributed by atoms with Crippen LogP contribution in [0, 0.1) is 0 Å². The van der Waals surface area contributed by atoms with Gasteiger partial charge in [0.15, 0.2) is 6.61 Å². The summed E-state index contributed by atoms with van der Waals surface area (Å²) in [5, 5.41) is 4.73. The van der Waals surface area contributed by atoms with Crippen molar-refractivity contribution < 1.29 is 28.7 Å². The minimum Gasteiger partial charge on any atom is -0.462 e. The quantitative estimate of drug-likeness (QED) is 0.654. The molecule has 0 aromatic carbocycles. The van der Waals surface area contributed by atoms with Crippen LogP contribution in [-0.4, -0.2) is 60.0 Å². The molecule has 1 aliphatic heterocycles. The lowest BCUT2D eigenvalue weighted by atomic mass is 10.1. The molecule has 2 aliphatic rings. The van der Waals surface area contributed by atoms with Crippen molar-refractivity contribution in [3.63, 3.8) is 0 Å². The summed E-state index contributed by atoms with van der Waals surface area (Å²) in [5.41, 5.74) is 1.29. The highest BCUT2D eigenvalue weighted by Gasteiger charge is 2.32. The predicted molar refractivity (Wildman–Crippen MR) is 101 cm³/mol. The molecular weight excluding hydrogens is 392 g/mol. The normalized spacial score (nSPS) is 16.3. The summed E-state index contributed by atoms with van der Waals surface area (Å²) in [5.74, 6) is -0.667. The van der Waals surface area contributed by atoms with Crippen LogP contribution in [-0.2, 0) is 19.1 Å². The van der Waals surface area contributed by atoms with Crippen LogP contribution in [0.3, 0.4) is 0 Å². The highest BCUT2D eigenvalue weighted by Crippen LogP contribution is 2.46. The Bertz CT molecular complexity index is 759. The Morgan fingerprint density at radius 1 is 1.30 bits per heavy atom. The number of amides is 2. The Labute approximate surface area is 164 Å². The van der Waals surface area contributed by atoms with Crippen LogP contribution in [0.4, 0.5) is 9.80 Å². The van der Waals surface area contributed by atoms with Gasteiger partial charge in [0.05, 0.1) is 12.2 Å². The van der Waals surface area contributed by atoms with Gasteiger partial charge in [-0.1, -0.05) is 11.8 Å². The van der Waals surface area contributed by atoms with Crippen LogP contribution in [0.2, 0.25) is 0 Å². The van der Waals surface area contributed by atoms with Gasteiger partial charge in [-0.15, -0.1) is 11.3 Å². The molecule has 1 aromatic rings. The molecule has 1 aliphatic carbocycles. The zero-order valence-corrected chi connectivity index (χ0v) is 16.5. The van der Waals surface area contributed by atoms with Gasteiger partial charge >= 0.3 is 11.9 Å². The number of hydrogen-bond acceptors (Lipinski definition) is 8. The van der Waals surface area contributed by atoms with E-state index >= 15 is 0 Å². The molecule has 1 N–H and O–H groups in total. The zero-order chi connectivity index (χ0) is 19.4. The molecule has 8 nitrogen and oxygen atoms in total. The molecule has 0 radical (unpaired) electrons. The minimum absolute atomic E-state index is 0.165. The standard InChI is InChI=1S/C17H20N2O6S2/c1-2-24-16(22)14-11(10-3-4-10)9-27-15(14)18-12(20)8-25-13(21)7-19-5-6-26-17(19)23/h9-10H,2-8H2,1H3,(H,18,20). The first-order chi connectivity index (χ1) is 13.0. The number of rotatable bonds is 8. The Kier molecular flexibility index (Phi) is 6.38. The summed E-state index contributed by atoms with van der Waals surface area (Å²) >= 11 is 2.41. The van der Waals surface area contributed by atoms with Gasteiger partial charge < -0.3 is 19.7 Å². The largest absolute Gasteiger partial charge is 0.462 e. The van der Waals surface area contributed by atoms with E-state index in [4.69, 9.17) is 9.47 Å². The Hall–Kier alpha value is -2.07. The summed E-state index contributed by atoms with van der Waals surface area (Å²) in [7, 11) is 0. The number of ether oxygens (including phenoxy) is 2. The molecule has 0 spiro atoms. The van der Waals surface area contributed by atoms with E-state index in [0.717, 1.165) is 30.2 Å². The van der Waals surface area contributed by atoms with E-state index in [2.05, 4.69) is 5.32 Å². The third kappa shape index (κ3) is 5.01. The zero-order valence-electron chi connectivity index (χ0n) is 14.8. The number of thioether (sulfide) groups is 1. The number of anilines is 1. The summed E-state index contributed by atoms with van der Waals surface area (Å²) in [6, 6.07) is 0. The molecule has 2 heterocycles. The average molecular weight is 412 g/mol. The molecule has 2 fully saturated rings. The average Bonchev–Trinajstić information content (AvgIpc) is 3.28. The van der Waals surface area contributed by atoms with Crippen molar-refractivity contribution in [3.8, 4) is 0 Å². The fraction of sp³-hybridized carbons (Fsp3) is 0.529. The molecule has 1 saturated carbocycles. The van der Waals surface area contributed by atoms with Gasteiger partial charge in [-0.25, -0.2) is 4.79 Å². The van der Waals surface area contributed by atoms with Gasteiger partial charge in [0.2, 0.25) is 0 Å². The molecule has 2 amide bonds. The van der Waals surface area contributed by atoms with Crippen molar-refractivity contribution in [1.82, 2.24) is 4.90 Å². The summed E-state index contributed by atoms with van der Waals surface area (Å²) in [6.45, 7) is 1.82. The smallest absolute Gasteiger partial charge is 0.341 e. The second-order valence-corrected chi connectivity index (χ2v) is 8.06. The van der Waals surface area contributed by atoms with Crippen LogP contribution in [0.15, 0.2) is 5.38 Å². The number of hydrogen-bond donors (Lipinski definition) is 1. The Morgan fingerprint density at radius 3 is 2.70 bits per heavy atom. The maximum atomic E-state index is 12.3. The lowest BCUT2D eigenvalue weighted by Gasteiger charge is -2.13. The molecule has 146 valence electrons. The van der Waals surface area contributed by atoms with Crippen LogP contribution < -0.4 is 5.32 Å². The Morgan fingerprint density at radius 2 is 2.07 bits per heavy atom. The first-order valence-corrected chi connectivity index (χ1v) is 10.5. The maximum Gasteiger partial charge on any atom is 0.341 e. The van der Waals surface area contributed by atoms with Crippen molar-refractivity contribution >= 4 is 51.2 Å². The van der Waals surface area contributed by atoms with Gasteiger partial charge in [0, 0.05) is 12.3 Å². The molecule has 10 heteroatoms. The lowest BCUT2D eigenvalue weighted by molar-refractivity contribution is -0.147. The van der Waals surface area contributed by atoms with Gasteiger partial charge in [-0.05, 0) is 36.6 Å². The lowest BCUT2D eigenvalue weighted by Crippen LogP contribution is -2.32. The molecule has 3 rings (SSSR count). The van der Waals surface area contributed by atoms with Crippen LogP contribution >= 0.6 is 23.1 Å². The van der Waals surface area contributed by atoms with Crippen molar-refractivity contribution in [2.45, 2.75) is 25.7 Å². The number of nitrogens with one attached hydrogen (secondary N) is 1. The third-order valence-electron chi connectivity index (χ3n) is 4.10. The van der Waals surface area contributed by atoms with E-state index in [9.17, 15) is 19.2 Å². The Balaban J connectivity index is 1.55. The number of carbonyl (C=O) groups excluding carboxylic acids is 4. The second kappa shape index (κ2) is 8.75. The molecule has 1 aromatic heterocycles. The van der Waals surface area contributed by atoms with E-state index in [-0.39, 0.29) is 18.4 Å². The number of thiophene rings is 1. The van der Waals surface area contributed by atoms with Crippen LogP contribution in [0.25, 0.3) is 0 Å². The molecular formula is C17H20N2O6S2. The van der Waals surface area contributed by atoms with Crippen molar-refractivity contribution in [2.24, 2.45) is 0 Å². The van der Waals surface area contributed by atoms with E-state index < -0.39 is 24.5 Å². The summed E-state index contributed by atoms with van der Waals surface area (Å²) < 4.78 is 10.0. The van der Waals surface area contributed by atoms with E-state index in [1.165, 1.54) is 16.2 Å². The molecule has 0 bridgehead atoms. The SMILES string of the molecule is CCOC(=O)c1c(C2CC2)csc1NC(=O)COC(=O)CN1CCSC1=O. The summed E-state index contributed by atoms with van der Waals surface area (Å²) in [4.78, 5) is 49.0. The van der Waals surface area contributed by atoms with Crippen molar-refractivity contribution in [2.75, 3.05) is 37.4 Å². The third-order valence-corrected chi connectivity index (χ3v) is 5.90. The number of nitrogens with zero attached hydrogens (tertiary/aromatic N) is 1. The maximum absolute atomic E-state index is 12.3. The minimum atomic E-state index is -0.642. The highest BCUT2D eigenvalue weighted by molar-refractivity contribution is 8.13. The first-order valence-electron chi connectivity index (χ1n) is 8.65.